The Labute approximate surface area is 76.3 Å². The van der Waals surface area contributed by atoms with E-state index in [-0.39, 0.29) is 12.5 Å². The molecule has 0 rings (SSSR count). The fourth-order valence-electron chi connectivity index (χ4n) is 0.486. The topological polar surface area (TPSA) is 70.9 Å². The van der Waals surface area contributed by atoms with Crippen molar-refractivity contribution in [2.75, 3.05) is 6.54 Å². The summed E-state index contributed by atoms with van der Waals surface area (Å²) in [6, 6.07) is -0.588. The quantitative estimate of drug-likeness (QED) is 0.510. The van der Waals surface area contributed by atoms with Gasteiger partial charge in [-0.25, -0.2) is 14.8 Å². The summed E-state index contributed by atoms with van der Waals surface area (Å²) in [5.74, 6) is -0.308. The summed E-state index contributed by atoms with van der Waals surface area (Å²) >= 11 is 0. The molecule has 0 aromatic carbocycles. The normalized spacial score (nSPS) is 10.5. The monoisotopic (exact) mass is 181 g/mol. The van der Waals surface area contributed by atoms with Gasteiger partial charge in [0.1, 0.15) is 0 Å². The third-order valence-corrected chi connectivity index (χ3v) is 0.994. The van der Waals surface area contributed by atoms with Crippen LogP contribution in [0.2, 0.25) is 0 Å². The molecule has 3 amide bonds. The van der Waals surface area contributed by atoms with Gasteiger partial charge in [0, 0.05) is 12.4 Å². The molecule has 5 heteroatoms. The number of carbonyl (C=O) groups excluding carboxylic acids is 2. The first-order chi connectivity index (χ1) is 6.20. The second-order valence-corrected chi connectivity index (χ2v) is 1.93. The summed E-state index contributed by atoms with van der Waals surface area (Å²) in [6.07, 6.45) is 3.76. The van der Waals surface area contributed by atoms with Gasteiger partial charge in [0.15, 0.2) is 0 Å². The van der Waals surface area contributed by atoms with Crippen LogP contribution in [0.3, 0.4) is 0 Å². The molecule has 0 fully saturated rings. The first-order valence-corrected chi connectivity index (χ1v) is 3.66. The fourth-order valence-corrected chi connectivity index (χ4v) is 0.486. The Morgan fingerprint density at radius 3 is 2.69 bits per heavy atom. The predicted molar refractivity (Wildman–Crippen MR) is 51.3 cm³/mol. The molecule has 5 nitrogen and oxygen atoms in total. The highest BCUT2D eigenvalue weighted by Gasteiger charge is 1.90. The standard InChI is InChI=1S/C8H11N3O2/c1-3-7(12)10-5-6-11-8(13)9-4-2/h3-4,6H,1,5H2,2H3,(H,10,12). The van der Waals surface area contributed by atoms with Crippen LogP contribution in [0.5, 0.6) is 0 Å². The van der Waals surface area contributed by atoms with Gasteiger partial charge >= 0.3 is 6.03 Å². The van der Waals surface area contributed by atoms with E-state index in [1.165, 1.54) is 12.4 Å². The zero-order chi connectivity index (χ0) is 10.1. The maximum absolute atomic E-state index is 10.6. The lowest BCUT2D eigenvalue weighted by Gasteiger charge is -1.92. The molecule has 0 heterocycles. The highest BCUT2D eigenvalue weighted by Crippen LogP contribution is 1.77. The van der Waals surface area contributed by atoms with E-state index in [4.69, 9.17) is 0 Å². The van der Waals surface area contributed by atoms with Crippen molar-refractivity contribution in [3.63, 3.8) is 0 Å². The molecule has 0 radical (unpaired) electrons. The van der Waals surface area contributed by atoms with E-state index in [1.54, 1.807) is 6.92 Å². The number of aliphatic imine (C=N–C) groups is 2. The molecule has 0 saturated heterocycles. The van der Waals surface area contributed by atoms with Crippen molar-refractivity contribution in [3.8, 4) is 0 Å². The summed E-state index contributed by atoms with van der Waals surface area (Å²) in [6.45, 7) is 5.07. The third kappa shape index (κ3) is 6.61. The van der Waals surface area contributed by atoms with Crippen LogP contribution in [0.4, 0.5) is 4.79 Å². The van der Waals surface area contributed by atoms with Crippen LogP contribution in [-0.4, -0.2) is 30.9 Å². The molecule has 0 aromatic rings. The van der Waals surface area contributed by atoms with E-state index in [2.05, 4.69) is 21.9 Å². The highest BCUT2D eigenvalue weighted by molar-refractivity contribution is 5.91. The largest absolute Gasteiger partial charge is 0.366 e. The minimum atomic E-state index is -0.588. The highest BCUT2D eigenvalue weighted by atomic mass is 16.2. The number of hydrogen-bond donors (Lipinski definition) is 1. The first kappa shape index (κ1) is 11.2. The number of urea groups is 1. The Morgan fingerprint density at radius 2 is 2.15 bits per heavy atom. The van der Waals surface area contributed by atoms with E-state index in [1.807, 2.05) is 0 Å². The molecule has 0 spiro atoms. The molecule has 0 bridgehead atoms. The van der Waals surface area contributed by atoms with Crippen molar-refractivity contribution in [3.05, 3.63) is 12.7 Å². The Morgan fingerprint density at radius 1 is 1.46 bits per heavy atom. The van der Waals surface area contributed by atoms with Crippen LogP contribution in [-0.2, 0) is 4.79 Å². The second-order valence-electron chi connectivity index (χ2n) is 1.93. The van der Waals surface area contributed by atoms with E-state index >= 15 is 0 Å². The molecule has 13 heavy (non-hydrogen) atoms. The van der Waals surface area contributed by atoms with Crippen LogP contribution in [0, 0.1) is 0 Å². The molecule has 0 atom stereocenters. The van der Waals surface area contributed by atoms with Crippen LogP contribution >= 0.6 is 0 Å². The molecule has 0 aliphatic rings. The Kier molecular flexibility index (Phi) is 5.96. The van der Waals surface area contributed by atoms with E-state index in [9.17, 15) is 9.59 Å². The maximum atomic E-state index is 10.6. The summed E-state index contributed by atoms with van der Waals surface area (Å²) in [4.78, 5) is 28.0. The number of rotatable bonds is 3. The van der Waals surface area contributed by atoms with Crippen molar-refractivity contribution in [1.29, 1.82) is 0 Å². The Bertz CT molecular complexity index is 256. The Hall–Kier alpha value is -1.78. The molecule has 0 aliphatic carbocycles. The minimum absolute atomic E-state index is 0.190. The average molecular weight is 181 g/mol. The molecular formula is C8H11N3O2. The molecular weight excluding hydrogens is 170 g/mol. The second kappa shape index (κ2) is 6.90. The fraction of sp³-hybridized carbons (Fsp3) is 0.250. The van der Waals surface area contributed by atoms with Crippen molar-refractivity contribution < 1.29 is 9.59 Å². The van der Waals surface area contributed by atoms with Gasteiger partial charge in [-0.1, -0.05) is 6.58 Å². The smallest absolute Gasteiger partial charge is 0.348 e. The molecule has 0 unspecified atom stereocenters. The lowest BCUT2D eigenvalue weighted by Crippen LogP contribution is -2.22. The molecule has 1 N–H and O–H groups in total. The average Bonchev–Trinajstić information content (AvgIpc) is 2.12. The molecule has 0 saturated carbocycles. The lowest BCUT2D eigenvalue weighted by atomic mass is 10.5. The summed E-state index contributed by atoms with van der Waals surface area (Å²) in [7, 11) is 0. The Balaban J connectivity index is 3.69. The van der Waals surface area contributed by atoms with Crippen molar-refractivity contribution in [1.82, 2.24) is 5.32 Å². The van der Waals surface area contributed by atoms with Crippen LogP contribution in [0.15, 0.2) is 22.6 Å². The number of hydrogen-bond acceptors (Lipinski definition) is 2. The van der Waals surface area contributed by atoms with Gasteiger partial charge in [-0.15, -0.1) is 0 Å². The number of nitrogens with zero attached hydrogens (tertiary/aromatic N) is 2. The van der Waals surface area contributed by atoms with Crippen molar-refractivity contribution in [2.24, 2.45) is 9.98 Å². The van der Waals surface area contributed by atoms with E-state index in [0.717, 1.165) is 6.08 Å². The summed E-state index contributed by atoms with van der Waals surface area (Å²) in [5, 5.41) is 2.42. The molecule has 0 aromatic heterocycles. The number of amides is 3. The van der Waals surface area contributed by atoms with E-state index < -0.39 is 6.03 Å². The van der Waals surface area contributed by atoms with Crippen LogP contribution < -0.4 is 5.32 Å². The van der Waals surface area contributed by atoms with Gasteiger partial charge in [0.05, 0.1) is 6.54 Å². The maximum Gasteiger partial charge on any atom is 0.366 e. The van der Waals surface area contributed by atoms with Gasteiger partial charge in [-0.2, -0.15) is 0 Å². The number of nitrogens with one attached hydrogen (secondary N) is 1. The van der Waals surface area contributed by atoms with Gasteiger partial charge in [-0.3, -0.25) is 4.79 Å². The first-order valence-electron chi connectivity index (χ1n) is 3.66. The SMILES string of the molecule is C=CC(=O)NCC=NC(=O)N=CC. The van der Waals surface area contributed by atoms with Crippen LogP contribution in [0.25, 0.3) is 0 Å². The predicted octanol–water partition coefficient (Wildman–Crippen LogP) is 0.570. The van der Waals surface area contributed by atoms with Crippen molar-refractivity contribution in [2.45, 2.75) is 6.92 Å². The van der Waals surface area contributed by atoms with Crippen molar-refractivity contribution >= 4 is 24.4 Å². The zero-order valence-electron chi connectivity index (χ0n) is 7.36. The van der Waals surface area contributed by atoms with Gasteiger partial charge in [0.25, 0.3) is 0 Å². The van der Waals surface area contributed by atoms with E-state index in [0.29, 0.717) is 0 Å². The van der Waals surface area contributed by atoms with Crippen LogP contribution in [0.1, 0.15) is 6.92 Å². The minimum Gasteiger partial charge on any atom is -0.348 e. The lowest BCUT2D eigenvalue weighted by molar-refractivity contribution is -0.116. The molecule has 0 aliphatic heterocycles. The zero-order valence-corrected chi connectivity index (χ0v) is 7.36. The number of carbonyl (C=O) groups is 2. The third-order valence-electron chi connectivity index (χ3n) is 0.994. The van der Waals surface area contributed by atoms with Gasteiger partial charge in [0.2, 0.25) is 5.91 Å². The summed E-state index contributed by atoms with van der Waals surface area (Å²) in [5.41, 5.74) is 0. The van der Waals surface area contributed by atoms with Gasteiger partial charge in [-0.05, 0) is 13.0 Å². The molecule has 70 valence electrons. The summed E-state index contributed by atoms with van der Waals surface area (Å²) < 4.78 is 0. The van der Waals surface area contributed by atoms with Gasteiger partial charge < -0.3 is 5.32 Å².